The van der Waals surface area contributed by atoms with Gasteiger partial charge in [-0.2, -0.15) is 21.8 Å². The normalized spacial score (nSPS) is 12.0. The number of carbonyl (C=O) groups is 3. The van der Waals surface area contributed by atoms with Crippen molar-refractivity contribution in [3.05, 3.63) is 131 Å². The lowest BCUT2D eigenvalue weighted by Gasteiger charge is -2.35. The number of hydrogen-bond donors (Lipinski definition) is 3. The van der Waals surface area contributed by atoms with Gasteiger partial charge in [0.2, 0.25) is 0 Å². The van der Waals surface area contributed by atoms with Crippen LogP contribution in [0.5, 0.6) is 0 Å². The number of aryl methyl sites for hydroxylation is 1. The Morgan fingerprint density at radius 2 is 1.39 bits per heavy atom. The van der Waals surface area contributed by atoms with Gasteiger partial charge in [-0.1, -0.05) is 91.0 Å². The third-order valence-corrected chi connectivity index (χ3v) is 8.40. The zero-order valence-corrected chi connectivity index (χ0v) is 26.3. The van der Waals surface area contributed by atoms with Gasteiger partial charge in [-0.05, 0) is 59.7 Å². The molecule has 4 aromatic rings. The number of nitrogens with one attached hydrogen (secondary N) is 2. The van der Waals surface area contributed by atoms with Crippen LogP contribution in [-0.2, 0) is 29.2 Å². The molecule has 8 heteroatoms. The number of benzene rings is 4. The van der Waals surface area contributed by atoms with Crippen molar-refractivity contribution in [3.63, 3.8) is 0 Å². The molecule has 0 aliphatic carbocycles. The molecule has 0 saturated carbocycles. The minimum atomic E-state index is -1.05. The van der Waals surface area contributed by atoms with Crippen molar-refractivity contribution in [2.45, 2.75) is 45.9 Å². The van der Waals surface area contributed by atoms with Crippen LogP contribution < -0.4 is 10.7 Å². The first kappa shape index (κ1) is 32.7. The van der Waals surface area contributed by atoms with Gasteiger partial charge >= 0.3 is 11.9 Å². The van der Waals surface area contributed by atoms with E-state index in [1.54, 1.807) is 13.0 Å². The van der Waals surface area contributed by atoms with E-state index in [0.717, 1.165) is 27.8 Å². The van der Waals surface area contributed by atoms with Crippen molar-refractivity contribution in [2.75, 3.05) is 12.0 Å². The van der Waals surface area contributed by atoms with Gasteiger partial charge in [0.15, 0.2) is 0 Å². The summed E-state index contributed by atoms with van der Waals surface area (Å²) >= 11 is 1.54. The number of thioether (sulfide) groups is 1. The molecule has 0 spiro atoms. The van der Waals surface area contributed by atoms with Crippen LogP contribution in [0.1, 0.15) is 46.0 Å². The number of carbonyl (C=O) groups excluding carboxylic acids is 2. The van der Waals surface area contributed by atoms with Crippen molar-refractivity contribution < 1.29 is 24.1 Å². The van der Waals surface area contributed by atoms with Gasteiger partial charge in [-0.25, -0.2) is 9.59 Å². The molecule has 0 fully saturated rings. The lowest BCUT2D eigenvalue weighted by atomic mass is 9.93. The maximum Gasteiger partial charge on any atom is 0.330 e. The summed E-state index contributed by atoms with van der Waals surface area (Å²) in [6.07, 6.45) is 2.24. The molecule has 0 bridgehead atoms. The average molecular weight is 611 g/mol. The van der Waals surface area contributed by atoms with Crippen LogP contribution >= 0.6 is 11.8 Å². The zero-order valence-electron chi connectivity index (χ0n) is 25.5. The Balaban J connectivity index is 1.69. The zero-order chi connectivity index (χ0) is 31.5. The highest BCUT2D eigenvalue weighted by Gasteiger charge is 2.35. The molecular formula is C36H40N3O4S+. The van der Waals surface area contributed by atoms with Gasteiger partial charge in [-0.15, -0.1) is 0 Å². The largest absolute Gasteiger partial charge is 0.480 e. The molecule has 0 aromatic heterocycles. The fourth-order valence-electron chi connectivity index (χ4n) is 5.26. The topological polar surface area (TPSA) is 95.5 Å². The van der Waals surface area contributed by atoms with E-state index in [4.69, 9.17) is 0 Å². The summed E-state index contributed by atoms with van der Waals surface area (Å²) in [6, 6.07) is 32.3. The number of carboxylic acids is 1. The molecule has 0 aliphatic rings. The number of aliphatic carboxylic acids is 1. The summed E-state index contributed by atoms with van der Waals surface area (Å²) in [6.45, 7) is 4.88. The highest BCUT2D eigenvalue weighted by Crippen LogP contribution is 2.29. The predicted octanol–water partition coefficient (Wildman–Crippen LogP) is 6.37. The SMILES string of the molecule is CSCCC(NC(=O)c1ccc(CN[N+](Cc2ccccc2)(Cc2ccccc2)C(C)=O)cc1-c1ccccc1C)C(=O)O. The van der Waals surface area contributed by atoms with E-state index < -0.39 is 17.9 Å². The smallest absolute Gasteiger partial charge is 0.330 e. The first-order valence-corrected chi connectivity index (χ1v) is 16.0. The van der Waals surface area contributed by atoms with Crippen molar-refractivity contribution in [3.8, 4) is 11.1 Å². The Labute approximate surface area is 263 Å². The quantitative estimate of drug-likeness (QED) is 0.114. The Morgan fingerprint density at radius 3 is 1.93 bits per heavy atom. The number of carboxylic acid groups (broad SMARTS) is 1. The Bertz CT molecular complexity index is 1540. The Kier molecular flexibility index (Phi) is 11.5. The second-order valence-electron chi connectivity index (χ2n) is 10.9. The fraction of sp³-hybridized carbons (Fsp3) is 0.250. The van der Waals surface area contributed by atoms with Gasteiger partial charge < -0.3 is 10.4 Å². The second kappa shape index (κ2) is 15.5. The Morgan fingerprint density at radius 1 is 0.795 bits per heavy atom. The van der Waals surface area contributed by atoms with Crippen LogP contribution in [0, 0.1) is 6.92 Å². The molecule has 0 radical (unpaired) electrons. The molecule has 228 valence electrons. The number of rotatable bonds is 14. The highest BCUT2D eigenvalue weighted by atomic mass is 32.2. The average Bonchev–Trinajstić information content (AvgIpc) is 3.02. The van der Waals surface area contributed by atoms with Gasteiger partial charge in [0.05, 0.1) is 13.5 Å². The molecule has 1 unspecified atom stereocenters. The van der Waals surface area contributed by atoms with Crippen LogP contribution in [0.15, 0.2) is 103 Å². The van der Waals surface area contributed by atoms with Crippen LogP contribution in [0.3, 0.4) is 0 Å². The van der Waals surface area contributed by atoms with Crippen LogP contribution in [0.4, 0.5) is 0 Å². The van der Waals surface area contributed by atoms with E-state index in [0.29, 0.717) is 42.9 Å². The van der Waals surface area contributed by atoms with E-state index in [1.165, 1.54) is 11.8 Å². The predicted molar refractivity (Wildman–Crippen MR) is 177 cm³/mol. The van der Waals surface area contributed by atoms with E-state index in [9.17, 15) is 19.5 Å². The maximum absolute atomic E-state index is 13.5. The summed E-state index contributed by atoms with van der Waals surface area (Å²) in [5.41, 5.74) is 9.52. The van der Waals surface area contributed by atoms with Crippen LogP contribution in [-0.4, -0.2) is 45.5 Å². The number of quaternary nitrogens is 1. The highest BCUT2D eigenvalue weighted by molar-refractivity contribution is 7.98. The molecular weight excluding hydrogens is 570 g/mol. The fourth-order valence-corrected chi connectivity index (χ4v) is 5.73. The molecule has 44 heavy (non-hydrogen) atoms. The number of hydrogen-bond acceptors (Lipinski definition) is 5. The molecule has 0 heterocycles. The molecule has 4 aromatic carbocycles. The molecule has 7 nitrogen and oxygen atoms in total. The second-order valence-corrected chi connectivity index (χ2v) is 11.9. The maximum atomic E-state index is 13.5. The first-order chi connectivity index (χ1) is 21.2. The first-order valence-electron chi connectivity index (χ1n) is 14.6. The van der Waals surface area contributed by atoms with Crippen molar-refractivity contribution in [2.24, 2.45) is 0 Å². The number of amides is 2. The summed E-state index contributed by atoms with van der Waals surface area (Å²) in [5, 5.41) is 12.4. The van der Waals surface area contributed by atoms with Gasteiger partial charge in [0, 0.05) is 16.7 Å². The lowest BCUT2D eigenvalue weighted by molar-refractivity contribution is -0.925. The monoisotopic (exact) mass is 610 g/mol. The molecule has 3 N–H and O–H groups in total. The van der Waals surface area contributed by atoms with E-state index in [-0.39, 0.29) is 10.5 Å². The van der Waals surface area contributed by atoms with Crippen molar-refractivity contribution in [1.82, 2.24) is 10.7 Å². The van der Waals surface area contributed by atoms with Crippen LogP contribution in [0.2, 0.25) is 0 Å². The van der Waals surface area contributed by atoms with Gasteiger partial charge in [-0.3, -0.25) is 4.79 Å². The molecule has 4 rings (SSSR count). The van der Waals surface area contributed by atoms with E-state index >= 15 is 0 Å². The number of nitrogens with zero attached hydrogens (tertiary/aromatic N) is 1. The molecule has 2 amide bonds. The summed E-state index contributed by atoms with van der Waals surface area (Å²) in [5.74, 6) is -0.883. The van der Waals surface area contributed by atoms with Crippen LogP contribution in [0.25, 0.3) is 11.1 Å². The summed E-state index contributed by atoms with van der Waals surface area (Å²) in [4.78, 5) is 38.8. The minimum Gasteiger partial charge on any atom is -0.480 e. The van der Waals surface area contributed by atoms with E-state index in [2.05, 4.69) is 10.7 Å². The van der Waals surface area contributed by atoms with E-state index in [1.807, 2.05) is 110 Å². The summed E-state index contributed by atoms with van der Waals surface area (Å²) in [7, 11) is 0. The third kappa shape index (κ3) is 8.44. The summed E-state index contributed by atoms with van der Waals surface area (Å²) < 4.78 is 0.00565. The standard InChI is InChI=1S/C36H39N3O4S/c1-26-12-10-11-17-31(26)33-22-30(18-19-32(33)35(41)38-34(36(42)43)20-21-44-3)23-37-39(27(2)40,24-28-13-6-4-7-14-28)25-29-15-8-5-9-16-29/h4-19,22,34,37H,20-21,23-25H2,1-3H3,(H-,38,41,42,43)/p+1. The van der Waals surface area contributed by atoms with Crippen molar-refractivity contribution in [1.29, 1.82) is 0 Å². The van der Waals surface area contributed by atoms with Crippen molar-refractivity contribution >= 4 is 29.5 Å². The molecule has 1 atom stereocenters. The molecule has 0 aliphatic heterocycles. The van der Waals surface area contributed by atoms with Gasteiger partial charge in [0.25, 0.3) is 5.91 Å². The third-order valence-electron chi connectivity index (χ3n) is 7.76. The lowest BCUT2D eigenvalue weighted by Crippen LogP contribution is -2.59. The van der Waals surface area contributed by atoms with Gasteiger partial charge in [0.1, 0.15) is 19.1 Å². The molecule has 0 saturated heterocycles. The Hall–Kier alpha value is -4.24. The minimum absolute atomic E-state index is 0.00565.